The van der Waals surface area contributed by atoms with Gasteiger partial charge in [-0.2, -0.15) is 0 Å². The molecule has 0 aromatic heterocycles. The number of rotatable bonds is 5. The molecule has 0 radical (unpaired) electrons. The lowest BCUT2D eigenvalue weighted by molar-refractivity contribution is 0.312. The van der Waals surface area contributed by atoms with Crippen LogP contribution < -0.4 is 5.73 Å². The summed E-state index contributed by atoms with van der Waals surface area (Å²) in [6.45, 7) is 1.38. The van der Waals surface area contributed by atoms with Crippen LogP contribution in [0.1, 0.15) is 16.7 Å². The summed E-state index contributed by atoms with van der Waals surface area (Å²) in [5, 5.41) is 0. The first-order valence-corrected chi connectivity index (χ1v) is 6.49. The van der Waals surface area contributed by atoms with Crippen molar-refractivity contribution in [3.63, 3.8) is 0 Å². The van der Waals surface area contributed by atoms with Crippen molar-refractivity contribution in [1.29, 1.82) is 0 Å². The van der Waals surface area contributed by atoms with E-state index in [4.69, 9.17) is 5.73 Å². The molecule has 0 spiro atoms. The maximum absolute atomic E-state index is 13.6. The van der Waals surface area contributed by atoms with E-state index in [0.29, 0.717) is 25.2 Å². The molecular formula is C16H18F2N2. The van der Waals surface area contributed by atoms with Crippen LogP contribution in [0.4, 0.5) is 8.78 Å². The highest BCUT2D eigenvalue weighted by atomic mass is 19.1. The van der Waals surface area contributed by atoms with Crippen LogP contribution in [-0.4, -0.2) is 11.9 Å². The highest BCUT2D eigenvalue weighted by Crippen LogP contribution is 2.15. The maximum Gasteiger partial charge on any atom is 0.127 e. The summed E-state index contributed by atoms with van der Waals surface area (Å²) in [5.74, 6) is -0.497. The van der Waals surface area contributed by atoms with E-state index < -0.39 is 0 Å². The van der Waals surface area contributed by atoms with Crippen molar-refractivity contribution < 1.29 is 8.78 Å². The summed E-state index contributed by atoms with van der Waals surface area (Å²) in [7, 11) is 1.90. The zero-order chi connectivity index (χ0) is 14.5. The third-order valence-electron chi connectivity index (χ3n) is 3.23. The van der Waals surface area contributed by atoms with Crippen LogP contribution in [0.5, 0.6) is 0 Å². The maximum atomic E-state index is 13.6. The van der Waals surface area contributed by atoms with Crippen LogP contribution >= 0.6 is 0 Å². The number of halogens is 2. The van der Waals surface area contributed by atoms with Crippen LogP contribution in [0.25, 0.3) is 0 Å². The standard InChI is InChI=1S/C16H18F2N2/c1-20(11-13-4-2-3-5-16(13)18)10-12-6-7-15(17)8-14(12)9-19/h2-8H,9-11,19H2,1H3. The number of nitrogens with zero attached hydrogens (tertiary/aromatic N) is 1. The van der Waals surface area contributed by atoms with Gasteiger partial charge < -0.3 is 5.73 Å². The predicted octanol–water partition coefficient (Wildman–Crippen LogP) is 3.06. The minimum absolute atomic E-state index is 0.211. The minimum atomic E-state index is -0.286. The molecule has 2 aromatic rings. The average molecular weight is 276 g/mol. The molecule has 2 rings (SSSR count). The van der Waals surface area contributed by atoms with E-state index in [-0.39, 0.29) is 11.6 Å². The largest absolute Gasteiger partial charge is 0.326 e. The summed E-state index contributed by atoms with van der Waals surface area (Å²) in [6.07, 6.45) is 0. The van der Waals surface area contributed by atoms with Gasteiger partial charge in [0, 0.05) is 25.2 Å². The second-order valence-electron chi connectivity index (χ2n) is 4.88. The van der Waals surface area contributed by atoms with Crippen molar-refractivity contribution in [1.82, 2.24) is 4.90 Å². The molecule has 0 aliphatic heterocycles. The molecular weight excluding hydrogens is 258 g/mol. The Labute approximate surface area is 117 Å². The Morgan fingerprint density at radius 3 is 2.35 bits per heavy atom. The van der Waals surface area contributed by atoms with E-state index in [0.717, 1.165) is 11.1 Å². The molecule has 2 aromatic carbocycles. The number of hydrogen-bond donors (Lipinski definition) is 1. The zero-order valence-corrected chi connectivity index (χ0v) is 11.4. The van der Waals surface area contributed by atoms with Crippen LogP contribution in [0.3, 0.4) is 0 Å². The van der Waals surface area contributed by atoms with Crippen molar-refractivity contribution in [3.05, 3.63) is 70.8 Å². The predicted molar refractivity (Wildman–Crippen MR) is 75.9 cm³/mol. The van der Waals surface area contributed by atoms with E-state index >= 15 is 0 Å². The normalized spacial score (nSPS) is 11.1. The van der Waals surface area contributed by atoms with Gasteiger partial charge in [-0.3, -0.25) is 4.90 Å². The SMILES string of the molecule is CN(Cc1ccccc1F)Cc1ccc(F)cc1CN. The summed E-state index contributed by atoms with van der Waals surface area (Å²) in [6, 6.07) is 11.3. The van der Waals surface area contributed by atoms with Crippen LogP contribution in [0, 0.1) is 11.6 Å². The van der Waals surface area contributed by atoms with E-state index in [1.165, 1.54) is 18.2 Å². The van der Waals surface area contributed by atoms with Gasteiger partial charge in [0.05, 0.1) is 0 Å². The van der Waals surface area contributed by atoms with E-state index in [9.17, 15) is 8.78 Å². The number of benzene rings is 2. The molecule has 106 valence electrons. The monoisotopic (exact) mass is 276 g/mol. The molecule has 20 heavy (non-hydrogen) atoms. The van der Waals surface area contributed by atoms with Crippen molar-refractivity contribution in [2.24, 2.45) is 5.73 Å². The van der Waals surface area contributed by atoms with Gasteiger partial charge in [0.2, 0.25) is 0 Å². The van der Waals surface area contributed by atoms with E-state index in [2.05, 4.69) is 0 Å². The third kappa shape index (κ3) is 3.62. The first-order chi connectivity index (χ1) is 9.60. The Morgan fingerprint density at radius 1 is 0.950 bits per heavy atom. The molecule has 0 atom stereocenters. The summed E-state index contributed by atoms with van der Waals surface area (Å²) in [4.78, 5) is 1.98. The smallest absolute Gasteiger partial charge is 0.127 e. The van der Waals surface area contributed by atoms with Crippen molar-refractivity contribution in [2.45, 2.75) is 19.6 Å². The molecule has 0 amide bonds. The number of nitrogens with two attached hydrogens (primary N) is 1. The first-order valence-electron chi connectivity index (χ1n) is 6.49. The van der Waals surface area contributed by atoms with Crippen molar-refractivity contribution >= 4 is 0 Å². The molecule has 0 heterocycles. The molecule has 2 nitrogen and oxygen atoms in total. The Morgan fingerprint density at radius 2 is 1.65 bits per heavy atom. The molecule has 0 bridgehead atoms. The fourth-order valence-electron chi connectivity index (χ4n) is 2.20. The van der Waals surface area contributed by atoms with Crippen molar-refractivity contribution in [3.8, 4) is 0 Å². The van der Waals surface area contributed by atoms with Gasteiger partial charge in [-0.25, -0.2) is 8.78 Å². The lowest BCUT2D eigenvalue weighted by Gasteiger charge is -2.19. The van der Waals surface area contributed by atoms with Gasteiger partial charge in [-0.1, -0.05) is 24.3 Å². The van der Waals surface area contributed by atoms with Gasteiger partial charge in [-0.05, 0) is 36.4 Å². The fourth-order valence-corrected chi connectivity index (χ4v) is 2.20. The quantitative estimate of drug-likeness (QED) is 0.909. The fraction of sp³-hybridized carbons (Fsp3) is 0.250. The van der Waals surface area contributed by atoms with E-state index in [1.54, 1.807) is 18.2 Å². The Bertz CT molecular complexity index is 584. The average Bonchev–Trinajstić information content (AvgIpc) is 2.43. The zero-order valence-electron chi connectivity index (χ0n) is 11.4. The van der Waals surface area contributed by atoms with Gasteiger partial charge in [-0.15, -0.1) is 0 Å². The van der Waals surface area contributed by atoms with Crippen LogP contribution in [-0.2, 0) is 19.6 Å². The summed E-state index contributed by atoms with van der Waals surface area (Å²) >= 11 is 0. The third-order valence-corrected chi connectivity index (χ3v) is 3.23. The molecule has 0 fully saturated rings. The Kier molecular flexibility index (Phi) is 4.82. The Balaban J connectivity index is 2.08. The molecule has 0 saturated heterocycles. The highest BCUT2D eigenvalue weighted by Gasteiger charge is 2.08. The topological polar surface area (TPSA) is 29.3 Å². The molecule has 0 saturated carbocycles. The lowest BCUT2D eigenvalue weighted by atomic mass is 10.1. The van der Waals surface area contributed by atoms with Crippen molar-refractivity contribution in [2.75, 3.05) is 7.05 Å². The van der Waals surface area contributed by atoms with E-state index in [1.807, 2.05) is 18.0 Å². The first kappa shape index (κ1) is 14.6. The number of hydrogen-bond acceptors (Lipinski definition) is 2. The van der Waals surface area contributed by atoms with Crippen LogP contribution in [0.2, 0.25) is 0 Å². The van der Waals surface area contributed by atoms with Gasteiger partial charge in [0.1, 0.15) is 11.6 Å². The van der Waals surface area contributed by atoms with Crippen LogP contribution in [0.15, 0.2) is 42.5 Å². The second-order valence-corrected chi connectivity index (χ2v) is 4.88. The van der Waals surface area contributed by atoms with Gasteiger partial charge >= 0.3 is 0 Å². The molecule has 0 unspecified atom stereocenters. The minimum Gasteiger partial charge on any atom is -0.326 e. The molecule has 0 aliphatic rings. The van der Waals surface area contributed by atoms with Gasteiger partial charge in [0.15, 0.2) is 0 Å². The Hall–Kier alpha value is -1.78. The molecule has 0 aliphatic carbocycles. The van der Waals surface area contributed by atoms with Gasteiger partial charge in [0.25, 0.3) is 0 Å². The second kappa shape index (κ2) is 6.59. The molecule has 4 heteroatoms. The lowest BCUT2D eigenvalue weighted by Crippen LogP contribution is -2.19. The highest BCUT2D eigenvalue weighted by molar-refractivity contribution is 5.28. The molecule has 2 N–H and O–H groups in total. The summed E-state index contributed by atoms with van der Waals surface area (Å²) < 4.78 is 26.7. The summed E-state index contributed by atoms with van der Waals surface area (Å²) in [5.41, 5.74) is 8.02.